The molecule has 0 fully saturated rings. The Bertz CT molecular complexity index is 483. The van der Waals surface area contributed by atoms with Crippen LogP contribution in [0.2, 0.25) is 0 Å². The van der Waals surface area contributed by atoms with E-state index < -0.39 is 0 Å². The topological polar surface area (TPSA) is 51.0 Å². The molecule has 0 bridgehead atoms. The summed E-state index contributed by atoms with van der Waals surface area (Å²) in [5.74, 6) is 1.38. The van der Waals surface area contributed by atoms with Gasteiger partial charge < -0.3 is 9.84 Å². The molecule has 0 radical (unpaired) electrons. The molecule has 2 rings (SSSR count). The molecule has 1 atom stereocenters. The zero-order valence-electron chi connectivity index (χ0n) is 9.74. The number of hydrogen-bond donors (Lipinski definition) is 1. The molecule has 17 heavy (non-hydrogen) atoms. The highest BCUT2D eigenvalue weighted by molar-refractivity contribution is 9.10. The second-order valence-corrected chi connectivity index (χ2v) is 5.68. The molecule has 0 spiro atoms. The van der Waals surface area contributed by atoms with Crippen LogP contribution in [-0.4, -0.2) is 16.7 Å². The van der Waals surface area contributed by atoms with Gasteiger partial charge in [0.05, 0.1) is 0 Å². The average molecular weight is 316 g/mol. The van der Waals surface area contributed by atoms with Crippen molar-refractivity contribution in [3.63, 3.8) is 0 Å². The number of aromatic nitrogens is 2. The van der Waals surface area contributed by atoms with Crippen LogP contribution < -0.4 is 5.32 Å². The van der Waals surface area contributed by atoms with Crippen LogP contribution in [0, 0.1) is 6.92 Å². The number of nitrogens with one attached hydrogen (secondary N) is 1. The smallest absolute Gasteiger partial charge is 0.223 e. The first kappa shape index (κ1) is 12.7. The minimum atomic E-state index is 0.347. The Labute approximate surface area is 113 Å². The highest BCUT2D eigenvalue weighted by atomic mass is 79.9. The third-order valence-electron chi connectivity index (χ3n) is 2.38. The van der Waals surface area contributed by atoms with Crippen molar-refractivity contribution in [3.05, 3.63) is 32.5 Å². The molecule has 1 N–H and O–H groups in total. The predicted molar refractivity (Wildman–Crippen MR) is 71.2 cm³/mol. The first-order valence-electron chi connectivity index (χ1n) is 5.41. The van der Waals surface area contributed by atoms with E-state index >= 15 is 0 Å². The molecule has 2 aromatic heterocycles. The number of halogens is 1. The van der Waals surface area contributed by atoms with Crippen LogP contribution in [0.5, 0.6) is 0 Å². The van der Waals surface area contributed by atoms with Gasteiger partial charge >= 0.3 is 0 Å². The first-order chi connectivity index (χ1) is 8.15. The summed E-state index contributed by atoms with van der Waals surface area (Å²) in [5, 5.41) is 9.39. The van der Waals surface area contributed by atoms with E-state index in [1.54, 1.807) is 18.3 Å². The Morgan fingerprint density at radius 2 is 2.41 bits per heavy atom. The molecule has 6 heteroatoms. The van der Waals surface area contributed by atoms with E-state index in [0.29, 0.717) is 11.9 Å². The molecule has 2 aromatic rings. The number of thiophene rings is 1. The van der Waals surface area contributed by atoms with Crippen LogP contribution in [0.25, 0.3) is 0 Å². The summed E-state index contributed by atoms with van der Waals surface area (Å²) in [6.07, 6.45) is 0.786. The average Bonchev–Trinajstić information content (AvgIpc) is 2.88. The van der Waals surface area contributed by atoms with Crippen LogP contribution in [-0.2, 0) is 6.42 Å². The van der Waals surface area contributed by atoms with Crippen molar-refractivity contribution in [2.24, 2.45) is 0 Å². The van der Waals surface area contributed by atoms with E-state index in [2.05, 4.69) is 49.8 Å². The van der Waals surface area contributed by atoms with E-state index in [1.807, 2.05) is 0 Å². The van der Waals surface area contributed by atoms with Crippen molar-refractivity contribution in [2.45, 2.75) is 26.3 Å². The van der Waals surface area contributed by atoms with Gasteiger partial charge in [0.25, 0.3) is 0 Å². The van der Waals surface area contributed by atoms with Gasteiger partial charge in [0.1, 0.15) is 0 Å². The normalized spacial score (nSPS) is 12.9. The Kier molecular flexibility index (Phi) is 4.31. The monoisotopic (exact) mass is 315 g/mol. The third-order valence-corrected chi connectivity index (χ3v) is 4.26. The van der Waals surface area contributed by atoms with Gasteiger partial charge in [0.2, 0.25) is 5.89 Å². The van der Waals surface area contributed by atoms with Crippen molar-refractivity contribution in [1.82, 2.24) is 15.5 Å². The zero-order chi connectivity index (χ0) is 12.3. The summed E-state index contributed by atoms with van der Waals surface area (Å²) < 4.78 is 6.06. The summed E-state index contributed by atoms with van der Waals surface area (Å²) >= 11 is 5.21. The molecule has 0 aliphatic carbocycles. The molecule has 0 aromatic carbocycles. The van der Waals surface area contributed by atoms with Crippen LogP contribution in [0.3, 0.4) is 0 Å². The maximum absolute atomic E-state index is 4.92. The minimum Gasteiger partial charge on any atom is -0.340 e. The maximum Gasteiger partial charge on any atom is 0.223 e. The van der Waals surface area contributed by atoms with Gasteiger partial charge in [0, 0.05) is 40.7 Å². The van der Waals surface area contributed by atoms with E-state index in [-0.39, 0.29) is 0 Å². The van der Waals surface area contributed by atoms with Crippen molar-refractivity contribution in [3.8, 4) is 0 Å². The SMILES string of the molecule is Cc1nc(CCNC(C)c2cc(Br)cs2)no1. The van der Waals surface area contributed by atoms with Crippen molar-refractivity contribution in [2.75, 3.05) is 6.54 Å². The highest BCUT2D eigenvalue weighted by Gasteiger charge is 2.08. The molecule has 0 saturated heterocycles. The molecule has 0 amide bonds. The number of nitrogens with zero attached hydrogens (tertiary/aromatic N) is 2. The predicted octanol–water partition coefficient (Wildman–Crippen LogP) is 3.10. The van der Waals surface area contributed by atoms with E-state index in [0.717, 1.165) is 23.3 Å². The third kappa shape index (κ3) is 3.62. The van der Waals surface area contributed by atoms with Crippen molar-refractivity contribution < 1.29 is 4.52 Å². The summed E-state index contributed by atoms with van der Waals surface area (Å²) in [5.41, 5.74) is 0. The molecule has 0 aliphatic rings. The molecule has 2 heterocycles. The Morgan fingerprint density at radius 1 is 1.59 bits per heavy atom. The molecule has 92 valence electrons. The van der Waals surface area contributed by atoms with Gasteiger partial charge in [-0.15, -0.1) is 11.3 Å². The summed E-state index contributed by atoms with van der Waals surface area (Å²) in [6, 6.07) is 2.49. The Balaban J connectivity index is 1.78. The number of rotatable bonds is 5. The fraction of sp³-hybridized carbons (Fsp3) is 0.455. The Hall–Kier alpha value is -0.720. The largest absolute Gasteiger partial charge is 0.340 e. The summed E-state index contributed by atoms with van der Waals surface area (Å²) in [4.78, 5) is 5.48. The molecule has 4 nitrogen and oxygen atoms in total. The fourth-order valence-corrected chi connectivity index (χ4v) is 2.98. The number of aryl methyl sites for hydroxylation is 1. The second-order valence-electron chi connectivity index (χ2n) is 3.82. The standard InChI is InChI=1S/C11H14BrN3OS/c1-7(10-5-9(12)6-17-10)13-4-3-11-14-8(2)16-15-11/h5-7,13H,3-4H2,1-2H3. The quantitative estimate of drug-likeness (QED) is 0.921. The van der Waals surface area contributed by atoms with Crippen LogP contribution in [0.15, 0.2) is 20.4 Å². The second kappa shape index (κ2) is 5.75. The van der Waals surface area contributed by atoms with Gasteiger partial charge in [-0.25, -0.2) is 0 Å². The first-order valence-corrected chi connectivity index (χ1v) is 7.09. The van der Waals surface area contributed by atoms with E-state index in [9.17, 15) is 0 Å². The zero-order valence-corrected chi connectivity index (χ0v) is 12.1. The van der Waals surface area contributed by atoms with Gasteiger partial charge in [-0.1, -0.05) is 5.16 Å². The van der Waals surface area contributed by atoms with Crippen molar-refractivity contribution >= 4 is 27.3 Å². The molecular formula is C11H14BrN3OS. The van der Waals surface area contributed by atoms with Crippen molar-refractivity contribution in [1.29, 1.82) is 0 Å². The molecule has 0 saturated carbocycles. The summed E-state index contributed by atoms with van der Waals surface area (Å²) in [6.45, 7) is 4.80. The van der Waals surface area contributed by atoms with E-state index in [4.69, 9.17) is 4.52 Å². The van der Waals surface area contributed by atoms with Crippen LogP contribution >= 0.6 is 27.3 Å². The van der Waals surface area contributed by atoms with Crippen LogP contribution in [0.4, 0.5) is 0 Å². The lowest BCUT2D eigenvalue weighted by Gasteiger charge is -2.10. The van der Waals surface area contributed by atoms with E-state index in [1.165, 1.54) is 4.88 Å². The molecule has 1 unspecified atom stereocenters. The lowest BCUT2D eigenvalue weighted by Crippen LogP contribution is -2.20. The van der Waals surface area contributed by atoms with Crippen LogP contribution in [0.1, 0.15) is 29.6 Å². The fourth-order valence-electron chi connectivity index (χ4n) is 1.50. The van der Waals surface area contributed by atoms with Gasteiger partial charge in [-0.05, 0) is 28.9 Å². The van der Waals surface area contributed by atoms with Gasteiger partial charge in [-0.3, -0.25) is 0 Å². The van der Waals surface area contributed by atoms with Gasteiger partial charge in [0.15, 0.2) is 5.82 Å². The Morgan fingerprint density at radius 3 is 3.00 bits per heavy atom. The lowest BCUT2D eigenvalue weighted by atomic mass is 10.2. The molecular weight excluding hydrogens is 302 g/mol. The number of hydrogen-bond acceptors (Lipinski definition) is 5. The molecule has 0 aliphatic heterocycles. The highest BCUT2D eigenvalue weighted by Crippen LogP contribution is 2.25. The lowest BCUT2D eigenvalue weighted by molar-refractivity contribution is 0.386. The minimum absolute atomic E-state index is 0.347. The maximum atomic E-state index is 4.92. The summed E-state index contributed by atoms with van der Waals surface area (Å²) in [7, 11) is 0. The van der Waals surface area contributed by atoms with Gasteiger partial charge in [-0.2, -0.15) is 4.98 Å².